The molecule has 1 aliphatic rings. The van der Waals surface area contributed by atoms with E-state index in [2.05, 4.69) is 51.9 Å². The smallest absolute Gasteiger partial charge is 0.0707 e. The topological polar surface area (TPSA) is 33.7 Å². The largest absolute Gasteiger partial charge is 0.377 e. The van der Waals surface area contributed by atoms with Crippen LogP contribution in [0.4, 0.5) is 0 Å². The van der Waals surface area contributed by atoms with E-state index in [1.165, 1.54) is 12.8 Å². The summed E-state index contributed by atoms with van der Waals surface area (Å²) in [6.45, 7) is 14.5. The molecule has 0 aromatic rings. The maximum atomic E-state index is 6.11. The van der Waals surface area contributed by atoms with Crippen molar-refractivity contribution in [3.8, 4) is 0 Å². The number of hydrogen-bond donors (Lipinski definition) is 1. The second kappa shape index (κ2) is 8.32. The quantitative estimate of drug-likeness (QED) is 0.742. The number of likely N-dealkylation sites (N-methyl/N-ethyl adjacent to an activating group) is 1. The van der Waals surface area contributed by atoms with Gasteiger partial charge in [-0.3, -0.25) is 0 Å². The first-order chi connectivity index (χ1) is 9.26. The molecule has 0 saturated carbocycles. The first-order valence-electron chi connectivity index (χ1n) is 7.97. The lowest BCUT2D eigenvalue weighted by atomic mass is 10.1. The minimum atomic E-state index is 0.173. The second-order valence-corrected chi connectivity index (χ2v) is 7.27. The standard InChI is InChI=1S/C16H34N2O2/c1-13(2)19-10-9-18(6)12-15-8-7-14(20-15)11-17-16(3,4)5/h13-15,17H,7-12H2,1-6H3. The van der Waals surface area contributed by atoms with Gasteiger partial charge in [0.05, 0.1) is 24.9 Å². The van der Waals surface area contributed by atoms with E-state index in [1.54, 1.807) is 0 Å². The molecule has 0 aromatic heterocycles. The fourth-order valence-electron chi connectivity index (χ4n) is 2.37. The Kier molecular flexibility index (Phi) is 7.45. The van der Waals surface area contributed by atoms with Crippen LogP contribution >= 0.6 is 0 Å². The molecule has 20 heavy (non-hydrogen) atoms. The number of nitrogens with zero attached hydrogens (tertiary/aromatic N) is 1. The highest BCUT2D eigenvalue weighted by atomic mass is 16.5. The summed E-state index contributed by atoms with van der Waals surface area (Å²) in [7, 11) is 2.15. The van der Waals surface area contributed by atoms with Gasteiger partial charge in [-0.2, -0.15) is 0 Å². The first kappa shape index (κ1) is 17.9. The van der Waals surface area contributed by atoms with E-state index in [4.69, 9.17) is 9.47 Å². The summed E-state index contributed by atoms with van der Waals surface area (Å²) in [5.41, 5.74) is 0.173. The van der Waals surface area contributed by atoms with Gasteiger partial charge in [-0.1, -0.05) is 0 Å². The van der Waals surface area contributed by atoms with Gasteiger partial charge in [-0.25, -0.2) is 0 Å². The van der Waals surface area contributed by atoms with Crippen LogP contribution in [0, 0.1) is 0 Å². The van der Waals surface area contributed by atoms with Gasteiger partial charge in [-0.15, -0.1) is 0 Å². The molecule has 2 unspecified atom stereocenters. The van der Waals surface area contributed by atoms with Crippen molar-refractivity contribution >= 4 is 0 Å². The number of ether oxygens (including phenoxy) is 2. The van der Waals surface area contributed by atoms with E-state index >= 15 is 0 Å². The van der Waals surface area contributed by atoms with Crippen molar-refractivity contribution < 1.29 is 9.47 Å². The van der Waals surface area contributed by atoms with Gasteiger partial charge in [0.1, 0.15) is 0 Å². The molecule has 0 aromatic carbocycles. The molecule has 0 amide bonds. The molecule has 4 nitrogen and oxygen atoms in total. The Hall–Kier alpha value is -0.160. The third-order valence-corrected chi connectivity index (χ3v) is 3.50. The average Bonchev–Trinajstić information content (AvgIpc) is 2.72. The van der Waals surface area contributed by atoms with Crippen LogP contribution < -0.4 is 5.32 Å². The zero-order valence-corrected chi connectivity index (χ0v) is 14.2. The lowest BCUT2D eigenvalue weighted by Crippen LogP contribution is -2.41. The number of rotatable bonds is 8. The van der Waals surface area contributed by atoms with Crippen LogP contribution in [0.5, 0.6) is 0 Å². The van der Waals surface area contributed by atoms with Crippen LogP contribution in [0.3, 0.4) is 0 Å². The Bertz CT molecular complexity index is 264. The van der Waals surface area contributed by atoms with Gasteiger partial charge in [0, 0.05) is 25.2 Å². The monoisotopic (exact) mass is 286 g/mol. The summed E-state index contributed by atoms with van der Waals surface area (Å²) >= 11 is 0. The maximum Gasteiger partial charge on any atom is 0.0707 e. The molecule has 4 heteroatoms. The normalized spacial score (nSPS) is 24.0. The lowest BCUT2D eigenvalue weighted by molar-refractivity contribution is 0.0147. The van der Waals surface area contributed by atoms with Crippen molar-refractivity contribution in [2.45, 2.75) is 71.3 Å². The molecule has 1 N–H and O–H groups in total. The van der Waals surface area contributed by atoms with Crippen molar-refractivity contribution in [1.29, 1.82) is 0 Å². The van der Waals surface area contributed by atoms with Crippen molar-refractivity contribution in [1.82, 2.24) is 10.2 Å². The van der Waals surface area contributed by atoms with E-state index in [-0.39, 0.29) is 5.54 Å². The van der Waals surface area contributed by atoms with Crippen molar-refractivity contribution in [2.75, 3.05) is 33.3 Å². The summed E-state index contributed by atoms with van der Waals surface area (Å²) in [5.74, 6) is 0. The highest BCUT2D eigenvalue weighted by Crippen LogP contribution is 2.20. The maximum absolute atomic E-state index is 6.11. The second-order valence-electron chi connectivity index (χ2n) is 7.27. The molecule has 1 saturated heterocycles. The Labute approximate surface area is 125 Å². The fraction of sp³-hybridized carbons (Fsp3) is 1.00. The average molecular weight is 286 g/mol. The molecule has 120 valence electrons. The van der Waals surface area contributed by atoms with E-state index < -0.39 is 0 Å². The summed E-state index contributed by atoms with van der Waals surface area (Å²) in [6.07, 6.45) is 3.42. The third kappa shape index (κ3) is 8.20. The molecule has 1 fully saturated rings. The van der Waals surface area contributed by atoms with Gasteiger partial charge >= 0.3 is 0 Å². The summed E-state index contributed by atoms with van der Waals surface area (Å²) in [6, 6.07) is 0. The molecule has 2 atom stereocenters. The van der Waals surface area contributed by atoms with Crippen molar-refractivity contribution in [3.63, 3.8) is 0 Å². The summed E-state index contributed by atoms with van der Waals surface area (Å²) in [4.78, 5) is 2.31. The Morgan fingerprint density at radius 3 is 2.50 bits per heavy atom. The Morgan fingerprint density at radius 2 is 1.90 bits per heavy atom. The van der Waals surface area contributed by atoms with Gasteiger partial charge in [0.25, 0.3) is 0 Å². The molecule has 0 spiro atoms. The van der Waals surface area contributed by atoms with Crippen LogP contribution in [-0.2, 0) is 9.47 Å². The molecule has 0 radical (unpaired) electrons. The molecule has 0 bridgehead atoms. The predicted octanol–water partition coefficient (Wildman–Crippen LogP) is 2.28. The minimum Gasteiger partial charge on any atom is -0.377 e. The van der Waals surface area contributed by atoms with Crippen LogP contribution in [0.2, 0.25) is 0 Å². The van der Waals surface area contributed by atoms with E-state index in [0.717, 1.165) is 26.2 Å². The zero-order valence-electron chi connectivity index (χ0n) is 14.2. The molecule has 1 heterocycles. The van der Waals surface area contributed by atoms with Gasteiger partial charge in [0.15, 0.2) is 0 Å². The van der Waals surface area contributed by atoms with Gasteiger partial charge in [-0.05, 0) is 54.5 Å². The number of nitrogens with one attached hydrogen (secondary N) is 1. The zero-order chi connectivity index (χ0) is 15.2. The van der Waals surface area contributed by atoms with Crippen molar-refractivity contribution in [3.05, 3.63) is 0 Å². The molecule has 1 aliphatic heterocycles. The Balaban J connectivity index is 2.14. The molecular formula is C16H34N2O2. The van der Waals surface area contributed by atoms with E-state index in [0.29, 0.717) is 18.3 Å². The minimum absolute atomic E-state index is 0.173. The summed E-state index contributed by atoms with van der Waals surface area (Å²) in [5, 5.41) is 3.53. The first-order valence-corrected chi connectivity index (χ1v) is 7.97. The predicted molar refractivity (Wildman–Crippen MR) is 84.2 cm³/mol. The summed E-state index contributed by atoms with van der Waals surface area (Å²) < 4.78 is 11.7. The molecule has 1 rings (SSSR count). The van der Waals surface area contributed by atoms with Crippen LogP contribution in [0.25, 0.3) is 0 Å². The van der Waals surface area contributed by atoms with Gasteiger partial charge < -0.3 is 19.7 Å². The van der Waals surface area contributed by atoms with Crippen LogP contribution in [-0.4, -0.2) is 62.0 Å². The van der Waals surface area contributed by atoms with Crippen LogP contribution in [0.1, 0.15) is 47.5 Å². The van der Waals surface area contributed by atoms with E-state index in [9.17, 15) is 0 Å². The third-order valence-electron chi connectivity index (χ3n) is 3.50. The van der Waals surface area contributed by atoms with Gasteiger partial charge in [0.2, 0.25) is 0 Å². The Morgan fingerprint density at radius 1 is 1.25 bits per heavy atom. The van der Waals surface area contributed by atoms with E-state index in [1.807, 2.05) is 0 Å². The molecule has 0 aliphatic carbocycles. The highest BCUT2D eigenvalue weighted by molar-refractivity contribution is 4.80. The SMILES string of the molecule is CC(C)OCCN(C)CC1CCC(CNC(C)(C)C)O1. The fourth-order valence-corrected chi connectivity index (χ4v) is 2.37. The lowest BCUT2D eigenvalue weighted by Gasteiger charge is -2.24. The highest BCUT2D eigenvalue weighted by Gasteiger charge is 2.26. The van der Waals surface area contributed by atoms with Crippen LogP contribution in [0.15, 0.2) is 0 Å². The number of hydrogen-bond acceptors (Lipinski definition) is 4. The molecular weight excluding hydrogens is 252 g/mol. The van der Waals surface area contributed by atoms with Crippen molar-refractivity contribution in [2.24, 2.45) is 0 Å².